The Bertz CT molecular complexity index is 775. The van der Waals surface area contributed by atoms with Crippen LogP contribution in [0.3, 0.4) is 0 Å². The SMILES string of the molecule is CCOc1cc(/C=N/NC(=O)c2ccccc2C)cc(I)c1OCC. The number of carbonyl (C=O) groups is 1. The van der Waals surface area contributed by atoms with E-state index < -0.39 is 0 Å². The normalized spacial score (nSPS) is 10.7. The minimum absolute atomic E-state index is 0.236. The Morgan fingerprint density at radius 1 is 1.20 bits per heavy atom. The van der Waals surface area contributed by atoms with Crippen molar-refractivity contribution in [1.29, 1.82) is 0 Å². The minimum atomic E-state index is -0.236. The smallest absolute Gasteiger partial charge is 0.271 e. The monoisotopic (exact) mass is 452 g/mol. The van der Waals surface area contributed by atoms with Crippen molar-refractivity contribution < 1.29 is 14.3 Å². The van der Waals surface area contributed by atoms with Crippen LogP contribution in [-0.2, 0) is 0 Å². The van der Waals surface area contributed by atoms with Crippen LogP contribution in [0, 0.1) is 10.5 Å². The van der Waals surface area contributed by atoms with Crippen LogP contribution in [0.25, 0.3) is 0 Å². The molecule has 0 heterocycles. The molecule has 1 amide bonds. The van der Waals surface area contributed by atoms with Crippen LogP contribution in [0.5, 0.6) is 11.5 Å². The second-order valence-corrected chi connectivity index (χ2v) is 6.37. The maximum atomic E-state index is 12.2. The van der Waals surface area contributed by atoms with Gasteiger partial charge in [0.15, 0.2) is 11.5 Å². The summed E-state index contributed by atoms with van der Waals surface area (Å²) in [5, 5.41) is 4.05. The molecule has 0 aliphatic heterocycles. The summed E-state index contributed by atoms with van der Waals surface area (Å²) >= 11 is 2.20. The lowest BCUT2D eigenvalue weighted by Crippen LogP contribution is -2.18. The van der Waals surface area contributed by atoms with Gasteiger partial charge in [-0.2, -0.15) is 5.10 Å². The van der Waals surface area contributed by atoms with Gasteiger partial charge in [0, 0.05) is 5.56 Å². The van der Waals surface area contributed by atoms with Crippen LogP contribution in [0.4, 0.5) is 0 Å². The van der Waals surface area contributed by atoms with E-state index in [0.29, 0.717) is 24.5 Å². The highest BCUT2D eigenvalue weighted by Gasteiger charge is 2.11. The number of ether oxygens (including phenoxy) is 2. The molecule has 0 aliphatic rings. The summed E-state index contributed by atoms with van der Waals surface area (Å²) in [5.74, 6) is 1.16. The average Bonchev–Trinajstić information content (AvgIpc) is 2.58. The maximum absolute atomic E-state index is 12.2. The van der Waals surface area contributed by atoms with Crippen LogP contribution in [0.15, 0.2) is 41.5 Å². The molecule has 5 nitrogen and oxygen atoms in total. The molecule has 0 aromatic heterocycles. The van der Waals surface area contributed by atoms with Gasteiger partial charge in [-0.3, -0.25) is 4.79 Å². The van der Waals surface area contributed by atoms with Crippen molar-refractivity contribution >= 4 is 34.7 Å². The Hall–Kier alpha value is -2.09. The minimum Gasteiger partial charge on any atom is -0.490 e. The number of aryl methyl sites for hydroxylation is 1. The summed E-state index contributed by atoms with van der Waals surface area (Å²) in [6.07, 6.45) is 1.59. The second kappa shape index (κ2) is 9.41. The number of nitrogens with zero attached hydrogens (tertiary/aromatic N) is 1. The quantitative estimate of drug-likeness (QED) is 0.390. The number of hydrogen-bond donors (Lipinski definition) is 1. The molecule has 0 saturated heterocycles. The fraction of sp³-hybridized carbons (Fsp3) is 0.263. The molecule has 0 atom stereocenters. The van der Waals surface area contributed by atoms with Crippen molar-refractivity contribution in [3.05, 3.63) is 56.7 Å². The number of hydrogen-bond acceptors (Lipinski definition) is 4. The molecule has 0 aliphatic carbocycles. The molecule has 25 heavy (non-hydrogen) atoms. The Kier molecular flexibility index (Phi) is 7.24. The highest BCUT2D eigenvalue weighted by Crippen LogP contribution is 2.33. The van der Waals surface area contributed by atoms with Gasteiger partial charge >= 0.3 is 0 Å². The summed E-state index contributed by atoms with van der Waals surface area (Å²) in [4.78, 5) is 12.2. The second-order valence-electron chi connectivity index (χ2n) is 5.21. The molecule has 0 saturated carbocycles. The van der Waals surface area contributed by atoms with E-state index in [1.165, 1.54) is 0 Å². The molecule has 6 heteroatoms. The van der Waals surface area contributed by atoms with Crippen LogP contribution in [-0.4, -0.2) is 25.3 Å². The molecule has 0 fully saturated rings. The number of nitrogens with one attached hydrogen (secondary N) is 1. The lowest BCUT2D eigenvalue weighted by atomic mass is 10.1. The number of hydrazone groups is 1. The molecular formula is C19H21IN2O3. The first-order valence-corrected chi connectivity index (χ1v) is 9.12. The summed E-state index contributed by atoms with van der Waals surface area (Å²) in [6, 6.07) is 11.2. The van der Waals surface area contributed by atoms with E-state index in [1.807, 2.05) is 51.1 Å². The number of amides is 1. The molecule has 1 N–H and O–H groups in total. The first-order chi connectivity index (χ1) is 12.1. The van der Waals surface area contributed by atoms with E-state index in [2.05, 4.69) is 33.1 Å². The molecule has 2 aromatic carbocycles. The van der Waals surface area contributed by atoms with Crippen molar-refractivity contribution in [3.8, 4) is 11.5 Å². The summed E-state index contributed by atoms with van der Waals surface area (Å²) < 4.78 is 12.2. The van der Waals surface area contributed by atoms with Crippen molar-refractivity contribution in [2.45, 2.75) is 20.8 Å². The molecule has 0 bridgehead atoms. The third kappa shape index (κ3) is 5.19. The third-order valence-electron chi connectivity index (χ3n) is 3.39. The number of benzene rings is 2. The van der Waals surface area contributed by atoms with Gasteiger partial charge < -0.3 is 9.47 Å². The number of rotatable bonds is 7. The van der Waals surface area contributed by atoms with Crippen molar-refractivity contribution in [2.75, 3.05) is 13.2 Å². The topological polar surface area (TPSA) is 59.9 Å². The standard InChI is InChI=1S/C19H21IN2O3/c1-4-24-17-11-14(10-16(20)18(17)25-5-2)12-21-22-19(23)15-9-7-6-8-13(15)3/h6-12H,4-5H2,1-3H3,(H,22,23)/b21-12+. The zero-order valence-corrected chi connectivity index (χ0v) is 16.7. The van der Waals surface area contributed by atoms with Gasteiger partial charge in [0.1, 0.15) is 0 Å². The molecule has 2 rings (SSSR count). The van der Waals surface area contributed by atoms with Gasteiger partial charge in [-0.05, 0) is 72.7 Å². The lowest BCUT2D eigenvalue weighted by molar-refractivity contribution is 0.0954. The predicted molar refractivity (Wildman–Crippen MR) is 108 cm³/mol. The number of carbonyl (C=O) groups excluding carboxylic acids is 1. The molecule has 2 aromatic rings. The predicted octanol–water partition coefficient (Wildman–Crippen LogP) is 4.16. The molecule has 0 radical (unpaired) electrons. The van der Waals surface area contributed by atoms with Gasteiger partial charge in [-0.15, -0.1) is 0 Å². The van der Waals surface area contributed by atoms with Gasteiger partial charge in [0.25, 0.3) is 5.91 Å². The van der Waals surface area contributed by atoms with Crippen LogP contribution < -0.4 is 14.9 Å². The number of halogens is 1. The van der Waals surface area contributed by atoms with E-state index in [0.717, 1.165) is 20.4 Å². The van der Waals surface area contributed by atoms with E-state index in [9.17, 15) is 4.79 Å². The van der Waals surface area contributed by atoms with Gasteiger partial charge in [0.05, 0.1) is 23.0 Å². The van der Waals surface area contributed by atoms with Crippen molar-refractivity contribution in [1.82, 2.24) is 5.43 Å². The maximum Gasteiger partial charge on any atom is 0.271 e. The Morgan fingerprint density at radius 3 is 2.60 bits per heavy atom. The van der Waals surface area contributed by atoms with Crippen LogP contribution >= 0.6 is 22.6 Å². The molecule has 132 valence electrons. The molecule has 0 unspecified atom stereocenters. The largest absolute Gasteiger partial charge is 0.490 e. The summed E-state index contributed by atoms with van der Waals surface area (Å²) in [7, 11) is 0. The fourth-order valence-corrected chi connectivity index (χ4v) is 3.04. The van der Waals surface area contributed by atoms with E-state index in [-0.39, 0.29) is 5.91 Å². The Morgan fingerprint density at radius 2 is 1.92 bits per heavy atom. The van der Waals surface area contributed by atoms with Gasteiger partial charge in [-0.1, -0.05) is 18.2 Å². The first kappa shape index (κ1) is 19.2. The van der Waals surface area contributed by atoms with Crippen molar-refractivity contribution in [3.63, 3.8) is 0 Å². The zero-order chi connectivity index (χ0) is 18.2. The van der Waals surface area contributed by atoms with Gasteiger partial charge in [-0.25, -0.2) is 5.43 Å². The first-order valence-electron chi connectivity index (χ1n) is 8.05. The fourth-order valence-electron chi connectivity index (χ4n) is 2.26. The highest BCUT2D eigenvalue weighted by atomic mass is 127. The third-order valence-corrected chi connectivity index (χ3v) is 4.19. The zero-order valence-electron chi connectivity index (χ0n) is 14.5. The van der Waals surface area contributed by atoms with E-state index in [4.69, 9.17) is 9.47 Å². The summed E-state index contributed by atoms with van der Waals surface area (Å²) in [5.41, 5.74) is 4.89. The van der Waals surface area contributed by atoms with E-state index >= 15 is 0 Å². The van der Waals surface area contributed by atoms with E-state index in [1.54, 1.807) is 12.3 Å². The lowest BCUT2D eigenvalue weighted by Gasteiger charge is -2.13. The van der Waals surface area contributed by atoms with Crippen LogP contribution in [0.1, 0.15) is 35.3 Å². The van der Waals surface area contributed by atoms with Crippen molar-refractivity contribution in [2.24, 2.45) is 5.10 Å². The molecule has 0 spiro atoms. The highest BCUT2D eigenvalue weighted by molar-refractivity contribution is 14.1. The molecular weight excluding hydrogens is 431 g/mol. The van der Waals surface area contributed by atoms with Crippen LogP contribution in [0.2, 0.25) is 0 Å². The van der Waals surface area contributed by atoms with Gasteiger partial charge in [0.2, 0.25) is 0 Å². The Labute approximate surface area is 161 Å². The average molecular weight is 452 g/mol. The Balaban J connectivity index is 2.15. The summed E-state index contributed by atoms with van der Waals surface area (Å²) in [6.45, 7) is 6.85.